The van der Waals surface area contributed by atoms with Crippen LogP contribution in [-0.2, 0) is 17.8 Å². The Morgan fingerprint density at radius 3 is 2.96 bits per heavy atom. The minimum atomic E-state index is -0.845. The number of aryl methyl sites for hydroxylation is 1. The van der Waals surface area contributed by atoms with Crippen molar-refractivity contribution in [3.63, 3.8) is 0 Å². The van der Waals surface area contributed by atoms with Crippen LogP contribution in [0.1, 0.15) is 24.8 Å². The zero-order chi connectivity index (χ0) is 16.4. The van der Waals surface area contributed by atoms with E-state index in [2.05, 4.69) is 21.0 Å². The maximum absolute atomic E-state index is 11.4. The van der Waals surface area contributed by atoms with Crippen molar-refractivity contribution >= 4 is 32.9 Å². The zero-order valence-electron chi connectivity index (χ0n) is 13.0. The second-order valence-electron chi connectivity index (χ2n) is 5.85. The summed E-state index contributed by atoms with van der Waals surface area (Å²) in [6, 6.07) is 6.20. The minimum Gasteiger partial charge on any atom is -0.465 e. The summed E-state index contributed by atoms with van der Waals surface area (Å²) in [6.07, 6.45) is 1.97. The molecule has 23 heavy (non-hydrogen) atoms. The SMILES string of the molecule is COCCCn1nc(Br)c2ccc(CN(C(=O)O)C3CC3)cc21. The number of rotatable bonds is 7. The van der Waals surface area contributed by atoms with E-state index in [9.17, 15) is 9.90 Å². The zero-order valence-corrected chi connectivity index (χ0v) is 14.6. The molecule has 1 amide bonds. The summed E-state index contributed by atoms with van der Waals surface area (Å²) in [4.78, 5) is 12.9. The van der Waals surface area contributed by atoms with Gasteiger partial charge in [-0.1, -0.05) is 6.07 Å². The number of ether oxygens (including phenoxy) is 1. The molecule has 124 valence electrons. The Morgan fingerprint density at radius 1 is 1.52 bits per heavy atom. The van der Waals surface area contributed by atoms with Gasteiger partial charge in [-0.05, 0) is 52.9 Å². The van der Waals surface area contributed by atoms with Gasteiger partial charge in [-0.2, -0.15) is 5.10 Å². The van der Waals surface area contributed by atoms with Crippen LogP contribution in [0.15, 0.2) is 22.8 Å². The average molecular weight is 382 g/mol. The highest BCUT2D eigenvalue weighted by atomic mass is 79.9. The maximum Gasteiger partial charge on any atom is 0.407 e. The molecular weight excluding hydrogens is 362 g/mol. The molecule has 0 unspecified atom stereocenters. The van der Waals surface area contributed by atoms with E-state index in [0.717, 1.165) is 46.9 Å². The predicted molar refractivity (Wildman–Crippen MR) is 90.5 cm³/mol. The summed E-state index contributed by atoms with van der Waals surface area (Å²) >= 11 is 3.49. The van der Waals surface area contributed by atoms with Crippen molar-refractivity contribution < 1.29 is 14.6 Å². The average Bonchev–Trinajstić information content (AvgIpc) is 3.31. The molecule has 0 spiro atoms. The molecule has 0 aliphatic heterocycles. The van der Waals surface area contributed by atoms with Crippen molar-refractivity contribution in [1.29, 1.82) is 0 Å². The molecule has 1 fully saturated rings. The van der Waals surface area contributed by atoms with Crippen LogP contribution in [0.3, 0.4) is 0 Å². The van der Waals surface area contributed by atoms with Crippen molar-refractivity contribution in [2.75, 3.05) is 13.7 Å². The fourth-order valence-electron chi connectivity index (χ4n) is 2.74. The Labute approximate surface area is 143 Å². The number of amides is 1. The Bertz CT molecular complexity index is 712. The fraction of sp³-hybridized carbons (Fsp3) is 0.500. The van der Waals surface area contributed by atoms with E-state index in [1.54, 1.807) is 7.11 Å². The highest BCUT2D eigenvalue weighted by Crippen LogP contribution is 2.30. The third-order valence-corrected chi connectivity index (χ3v) is 4.66. The number of nitrogens with zero attached hydrogens (tertiary/aromatic N) is 3. The van der Waals surface area contributed by atoms with E-state index in [4.69, 9.17) is 4.74 Å². The lowest BCUT2D eigenvalue weighted by Gasteiger charge is -2.18. The lowest BCUT2D eigenvalue weighted by molar-refractivity contribution is 0.139. The first-order valence-corrected chi connectivity index (χ1v) is 8.53. The quantitative estimate of drug-likeness (QED) is 0.745. The Morgan fingerprint density at radius 2 is 2.30 bits per heavy atom. The topological polar surface area (TPSA) is 67.6 Å². The smallest absolute Gasteiger partial charge is 0.407 e. The largest absolute Gasteiger partial charge is 0.465 e. The molecule has 1 aromatic carbocycles. The molecule has 0 saturated heterocycles. The highest BCUT2D eigenvalue weighted by Gasteiger charge is 2.32. The summed E-state index contributed by atoms with van der Waals surface area (Å²) in [5.41, 5.74) is 2.01. The molecular formula is C16H20BrN3O3. The molecule has 1 aliphatic carbocycles. The second kappa shape index (κ2) is 6.88. The first kappa shape index (κ1) is 16.3. The number of aromatic nitrogens is 2. The van der Waals surface area contributed by atoms with E-state index in [0.29, 0.717) is 13.2 Å². The molecule has 1 aliphatic rings. The van der Waals surface area contributed by atoms with Crippen molar-refractivity contribution in [2.24, 2.45) is 0 Å². The van der Waals surface area contributed by atoms with E-state index in [-0.39, 0.29) is 6.04 Å². The molecule has 1 heterocycles. The van der Waals surface area contributed by atoms with Gasteiger partial charge in [0.25, 0.3) is 0 Å². The monoisotopic (exact) mass is 381 g/mol. The molecule has 0 atom stereocenters. The Hall–Kier alpha value is -1.60. The molecule has 0 radical (unpaired) electrons. The van der Waals surface area contributed by atoms with Gasteiger partial charge in [-0.15, -0.1) is 0 Å². The molecule has 3 rings (SSSR count). The number of carboxylic acid groups (broad SMARTS) is 1. The van der Waals surface area contributed by atoms with Gasteiger partial charge in [0.1, 0.15) is 4.60 Å². The second-order valence-corrected chi connectivity index (χ2v) is 6.60. The van der Waals surface area contributed by atoms with E-state index >= 15 is 0 Å². The Balaban J connectivity index is 1.84. The van der Waals surface area contributed by atoms with Gasteiger partial charge in [-0.25, -0.2) is 4.79 Å². The van der Waals surface area contributed by atoms with E-state index in [1.807, 2.05) is 22.9 Å². The van der Waals surface area contributed by atoms with Crippen molar-refractivity contribution in [2.45, 2.75) is 38.4 Å². The predicted octanol–water partition coefficient (Wildman–Crippen LogP) is 3.48. The van der Waals surface area contributed by atoms with Gasteiger partial charge in [0.15, 0.2) is 0 Å². The van der Waals surface area contributed by atoms with Gasteiger partial charge in [0.2, 0.25) is 0 Å². The van der Waals surface area contributed by atoms with Gasteiger partial charge < -0.3 is 14.7 Å². The van der Waals surface area contributed by atoms with Crippen molar-refractivity contribution in [3.8, 4) is 0 Å². The van der Waals surface area contributed by atoms with E-state index in [1.165, 1.54) is 4.90 Å². The number of fused-ring (bicyclic) bond motifs is 1. The van der Waals surface area contributed by atoms with Crippen LogP contribution >= 0.6 is 15.9 Å². The number of hydrogen-bond donors (Lipinski definition) is 1. The first-order chi connectivity index (χ1) is 11.1. The molecule has 1 aromatic heterocycles. The first-order valence-electron chi connectivity index (χ1n) is 7.73. The standard InChI is InChI=1S/C16H20BrN3O3/c1-23-8-2-7-20-14-9-11(3-6-13(14)15(17)18-20)10-19(16(21)22)12-4-5-12/h3,6,9,12H,2,4-5,7-8,10H2,1H3,(H,21,22). The molecule has 0 bridgehead atoms. The third kappa shape index (κ3) is 3.67. The van der Waals surface area contributed by atoms with E-state index < -0.39 is 6.09 Å². The molecule has 1 saturated carbocycles. The number of benzene rings is 1. The summed E-state index contributed by atoms with van der Waals surface area (Å²) in [5, 5.41) is 14.9. The molecule has 7 heteroatoms. The fourth-order valence-corrected chi connectivity index (χ4v) is 3.27. The minimum absolute atomic E-state index is 0.182. The van der Waals surface area contributed by atoms with Gasteiger partial charge in [0.05, 0.1) is 5.52 Å². The van der Waals surface area contributed by atoms with Crippen LogP contribution in [0.2, 0.25) is 0 Å². The normalized spacial score (nSPS) is 14.3. The van der Waals surface area contributed by atoms with Crippen LogP contribution in [0, 0.1) is 0 Å². The third-order valence-electron chi connectivity index (χ3n) is 4.08. The molecule has 2 aromatic rings. The van der Waals surface area contributed by atoms with Crippen molar-refractivity contribution in [3.05, 3.63) is 28.4 Å². The number of carbonyl (C=O) groups is 1. The summed E-state index contributed by atoms with van der Waals surface area (Å²) in [6.45, 7) is 1.88. The van der Waals surface area contributed by atoms with Gasteiger partial charge in [0, 0.05) is 38.2 Å². The summed E-state index contributed by atoms with van der Waals surface area (Å²) in [7, 11) is 1.69. The lowest BCUT2D eigenvalue weighted by atomic mass is 10.1. The van der Waals surface area contributed by atoms with Gasteiger partial charge >= 0.3 is 6.09 Å². The lowest BCUT2D eigenvalue weighted by Crippen LogP contribution is -2.30. The van der Waals surface area contributed by atoms with Crippen LogP contribution in [0.4, 0.5) is 4.79 Å². The molecule has 1 N–H and O–H groups in total. The van der Waals surface area contributed by atoms with Gasteiger partial charge in [-0.3, -0.25) is 4.68 Å². The summed E-state index contributed by atoms with van der Waals surface area (Å²) < 4.78 is 7.86. The Kier molecular flexibility index (Phi) is 4.87. The van der Waals surface area contributed by atoms with Crippen LogP contribution in [0.5, 0.6) is 0 Å². The number of methoxy groups -OCH3 is 1. The van der Waals surface area contributed by atoms with Crippen LogP contribution < -0.4 is 0 Å². The number of hydrogen-bond acceptors (Lipinski definition) is 3. The highest BCUT2D eigenvalue weighted by molar-refractivity contribution is 9.10. The van der Waals surface area contributed by atoms with Crippen molar-refractivity contribution in [1.82, 2.24) is 14.7 Å². The number of halogens is 1. The summed E-state index contributed by atoms with van der Waals surface area (Å²) in [5.74, 6) is 0. The van der Waals surface area contributed by atoms with Crippen LogP contribution in [0.25, 0.3) is 10.9 Å². The molecule has 6 nitrogen and oxygen atoms in total. The van der Waals surface area contributed by atoms with Crippen LogP contribution in [-0.4, -0.2) is 45.6 Å². The maximum atomic E-state index is 11.4.